The summed E-state index contributed by atoms with van der Waals surface area (Å²) in [6, 6.07) is 8.67. The monoisotopic (exact) mass is 283 g/mol. The van der Waals surface area contributed by atoms with Gasteiger partial charge in [0, 0.05) is 30.6 Å². The number of carbonyl (C=O) groups excluding carboxylic acids is 2. The molecular weight excluding hydrogens is 266 g/mol. The topological polar surface area (TPSA) is 73.2 Å². The van der Waals surface area contributed by atoms with Gasteiger partial charge in [0.15, 0.2) is 0 Å². The first-order chi connectivity index (χ1) is 10.2. The van der Waals surface area contributed by atoms with E-state index in [1.165, 1.54) is 0 Å². The molecule has 1 saturated carbocycles. The largest absolute Gasteiger partial charge is 0.347 e. The predicted molar refractivity (Wildman–Crippen MR) is 76.3 cm³/mol. The Balaban J connectivity index is 1.58. The first-order valence-corrected chi connectivity index (χ1v) is 7.27. The zero-order valence-corrected chi connectivity index (χ0v) is 11.7. The second-order valence-corrected chi connectivity index (χ2v) is 5.71. The van der Waals surface area contributed by atoms with Gasteiger partial charge in [-0.1, -0.05) is 6.07 Å². The Labute approximate surface area is 123 Å². The first kappa shape index (κ1) is 13.6. The van der Waals surface area contributed by atoms with Crippen LogP contribution in [0.5, 0.6) is 0 Å². The Morgan fingerprint density at radius 2 is 2.10 bits per heavy atom. The highest BCUT2D eigenvalue weighted by atomic mass is 16.2. The summed E-state index contributed by atoms with van der Waals surface area (Å²) in [5.41, 5.74) is 0.959. The number of hydrogen-bond acceptors (Lipinski definition) is 3. The smallest absolute Gasteiger partial charge is 0.251 e. The Kier molecular flexibility index (Phi) is 3.61. The number of nitriles is 1. The summed E-state index contributed by atoms with van der Waals surface area (Å²) >= 11 is 0. The van der Waals surface area contributed by atoms with E-state index >= 15 is 0 Å². The Morgan fingerprint density at radius 3 is 2.81 bits per heavy atom. The van der Waals surface area contributed by atoms with Gasteiger partial charge in [-0.2, -0.15) is 5.26 Å². The molecule has 1 atom stereocenters. The molecule has 2 aliphatic rings. The molecule has 1 aromatic rings. The lowest BCUT2D eigenvalue weighted by Gasteiger charge is -2.17. The summed E-state index contributed by atoms with van der Waals surface area (Å²) in [5.74, 6) is 0.280. The Bertz CT molecular complexity index is 616. The lowest BCUT2D eigenvalue weighted by molar-refractivity contribution is -0.131. The van der Waals surface area contributed by atoms with Crippen LogP contribution in [0.4, 0.5) is 0 Å². The number of benzene rings is 1. The van der Waals surface area contributed by atoms with E-state index in [0.717, 1.165) is 25.8 Å². The van der Waals surface area contributed by atoms with Gasteiger partial charge in [0.2, 0.25) is 5.91 Å². The maximum Gasteiger partial charge on any atom is 0.251 e. The highest BCUT2D eigenvalue weighted by Gasteiger charge is 2.36. The van der Waals surface area contributed by atoms with Crippen molar-refractivity contribution >= 4 is 11.8 Å². The number of nitrogens with one attached hydrogen (secondary N) is 1. The average molecular weight is 283 g/mol. The minimum Gasteiger partial charge on any atom is -0.347 e. The first-order valence-electron chi connectivity index (χ1n) is 7.27. The van der Waals surface area contributed by atoms with Crippen LogP contribution >= 0.6 is 0 Å². The Hall–Kier alpha value is -2.35. The molecule has 3 rings (SSSR count). The maximum atomic E-state index is 12.2. The molecule has 1 N–H and O–H groups in total. The molecule has 5 heteroatoms. The summed E-state index contributed by atoms with van der Waals surface area (Å²) in [7, 11) is 0. The van der Waals surface area contributed by atoms with Crippen LogP contribution in [-0.4, -0.2) is 35.8 Å². The lowest BCUT2D eigenvalue weighted by atomic mass is 10.1. The number of hydrogen-bond donors (Lipinski definition) is 1. The van der Waals surface area contributed by atoms with Gasteiger partial charge < -0.3 is 10.2 Å². The van der Waals surface area contributed by atoms with Crippen LogP contribution in [-0.2, 0) is 4.79 Å². The highest BCUT2D eigenvalue weighted by Crippen LogP contribution is 2.32. The van der Waals surface area contributed by atoms with Gasteiger partial charge in [0.05, 0.1) is 11.6 Å². The number of rotatable bonds is 3. The molecule has 2 fully saturated rings. The molecule has 1 aliphatic heterocycles. The minimum atomic E-state index is -0.183. The maximum absolute atomic E-state index is 12.2. The average Bonchev–Trinajstić information content (AvgIpc) is 3.26. The van der Waals surface area contributed by atoms with E-state index in [1.54, 1.807) is 24.3 Å². The van der Waals surface area contributed by atoms with Crippen LogP contribution in [0, 0.1) is 17.2 Å². The van der Waals surface area contributed by atoms with Gasteiger partial charge in [-0.3, -0.25) is 9.59 Å². The van der Waals surface area contributed by atoms with E-state index in [-0.39, 0.29) is 23.8 Å². The molecule has 0 radical (unpaired) electrons. The summed E-state index contributed by atoms with van der Waals surface area (Å²) in [6.45, 7) is 1.32. The van der Waals surface area contributed by atoms with Crippen LogP contribution in [0.1, 0.15) is 35.2 Å². The van der Waals surface area contributed by atoms with Crippen molar-refractivity contribution in [2.75, 3.05) is 13.1 Å². The zero-order chi connectivity index (χ0) is 14.8. The molecule has 2 amide bonds. The normalized spacial score (nSPS) is 20.9. The molecule has 1 heterocycles. The van der Waals surface area contributed by atoms with Crippen molar-refractivity contribution in [1.29, 1.82) is 5.26 Å². The van der Waals surface area contributed by atoms with Crippen molar-refractivity contribution in [2.45, 2.75) is 25.3 Å². The summed E-state index contributed by atoms with van der Waals surface area (Å²) in [6.07, 6.45) is 2.81. The molecule has 1 aliphatic carbocycles. The van der Waals surface area contributed by atoms with E-state index in [0.29, 0.717) is 17.7 Å². The standard InChI is InChI=1S/C16H17N3O2/c17-9-11-2-1-3-13(8-11)15(20)18-14-6-7-19(10-14)16(21)12-4-5-12/h1-3,8,12,14H,4-7,10H2,(H,18,20)/t14-/m0/s1. The molecule has 0 spiro atoms. The molecule has 1 aromatic carbocycles. The number of amides is 2. The van der Waals surface area contributed by atoms with Crippen LogP contribution in [0.3, 0.4) is 0 Å². The van der Waals surface area contributed by atoms with E-state index in [1.807, 2.05) is 11.0 Å². The second-order valence-electron chi connectivity index (χ2n) is 5.71. The van der Waals surface area contributed by atoms with Crippen molar-refractivity contribution in [2.24, 2.45) is 5.92 Å². The van der Waals surface area contributed by atoms with Crippen molar-refractivity contribution in [3.63, 3.8) is 0 Å². The minimum absolute atomic E-state index is 0.00550. The quantitative estimate of drug-likeness (QED) is 0.908. The summed E-state index contributed by atoms with van der Waals surface area (Å²) in [5, 5.41) is 11.8. The highest BCUT2D eigenvalue weighted by molar-refractivity contribution is 5.94. The molecule has 21 heavy (non-hydrogen) atoms. The molecular formula is C16H17N3O2. The fraction of sp³-hybridized carbons (Fsp3) is 0.438. The predicted octanol–water partition coefficient (Wildman–Crippen LogP) is 1.30. The summed E-state index contributed by atoms with van der Waals surface area (Å²) in [4.78, 5) is 26.0. The van der Waals surface area contributed by atoms with Crippen LogP contribution in [0.25, 0.3) is 0 Å². The van der Waals surface area contributed by atoms with Crippen LogP contribution in [0.2, 0.25) is 0 Å². The fourth-order valence-electron chi connectivity index (χ4n) is 2.67. The van der Waals surface area contributed by atoms with E-state index < -0.39 is 0 Å². The lowest BCUT2D eigenvalue weighted by Crippen LogP contribution is -2.38. The number of nitrogens with zero attached hydrogens (tertiary/aromatic N) is 2. The molecule has 0 unspecified atom stereocenters. The fourth-order valence-corrected chi connectivity index (χ4v) is 2.67. The molecule has 108 valence electrons. The second kappa shape index (κ2) is 5.57. The SMILES string of the molecule is N#Cc1cccc(C(=O)N[C@H]2CCN(C(=O)C3CC3)C2)c1. The Morgan fingerprint density at radius 1 is 1.29 bits per heavy atom. The van der Waals surface area contributed by atoms with Gasteiger partial charge in [-0.05, 0) is 37.5 Å². The zero-order valence-electron chi connectivity index (χ0n) is 11.7. The van der Waals surface area contributed by atoms with Crippen molar-refractivity contribution in [3.05, 3.63) is 35.4 Å². The van der Waals surface area contributed by atoms with Crippen molar-refractivity contribution < 1.29 is 9.59 Å². The number of carbonyl (C=O) groups is 2. The van der Waals surface area contributed by atoms with E-state index in [9.17, 15) is 9.59 Å². The van der Waals surface area contributed by atoms with Crippen LogP contribution < -0.4 is 5.32 Å². The van der Waals surface area contributed by atoms with E-state index in [4.69, 9.17) is 5.26 Å². The van der Waals surface area contributed by atoms with Crippen molar-refractivity contribution in [1.82, 2.24) is 10.2 Å². The third kappa shape index (κ3) is 3.05. The van der Waals surface area contributed by atoms with Crippen molar-refractivity contribution in [3.8, 4) is 6.07 Å². The van der Waals surface area contributed by atoms with Crippen LogP contribution in [0.15, 0.2) is 24.3 Å². The third-order valence-corrected chi connectivity index (χ3v) is 4.02. The van der Waals surface area contributed by atoms with Gasteiger partial charge in [0.1, 0.15) is 0 Å². The molecule has 1 saturated heterocycles. The molecule has 0 aromatic heterocycles. The molecule has 0 bridgehead atoms. The third-order valence-electron chi connectivity index (χ3n) is 4.02. The summed E-state index contributed by atoms with van der Waals surface area (Å²) < 4.78 is 0. The number of likely N-dealkylation sites (tertiary alicyclic amines) is 1. The van der Waals surface area contributed by atoms with Gasteiger partial charge in [0.25, 0.3) is 5.91 Å². The van der Waals surface area contributed by atoms with Gasteiger partial charge >= 0.3 is 0 Å². The van der Waals surface area contributed by atoms with Gasteiger partial charge in [-0.25, -0.2) is 0 Å². The van der Waals surface area contributed by atoms with E-state index in [2.05, 4.69) is 5.32 Å². The van der Waals surface area contributed by atoms with Gasteiger partial charge in [-0.15, -0.1) is 0 Å². The molecule has 5 nitrogen and oxygen atoms in total.